The summed E-state index contributed by atoms with van der Waals surface area (Å²) >= 11 is 0. The molecule has 0 fully saturated rings. The summed E-state index contributed by atoms with van der Waals surface area (Å²) in [6.07, 6.45) is -5.11. The number of hydrogen-bond acceptors (Lipinski definition) is 3. The second-order valence-electron chi connectivity index (χ2n) is 4.97. The maximum absolute atomic E-state index is 12.5. The largest absolute Gasteiger partial charge is 0.416 e. The second kappa shape index (κ2) is 8.73. The van der Waals surface area contributed by atoms with E-state index in [1.165, 1.54) is 19.2 Å². The maximum atomic E-state index is 12.5. The van der Waals surface area contributed by atoms with Gasteiger partial charge in [-0.1, -0.05) is 19.1 Å². The molecule has 0 aliphatic carbocycles. The van der Waals surface area contributed by atoms with Gasteiger partial charge in [-0.2, -0.15) is 13.2 Å². The molecule has 23 heavy (non-hydrogen) atoms. The fourth-order valence-electron chi connectivity index (χ4n) is 1.99. The number of aliphatic hydroxyl groups excluding tert-OH is 1. The molecule has 2 atom stereocenters. The fraction of sp³-hybridized carbons (Fsp3) is 0.533. The van der Waals surface area contributed by atoms with Crippen molar-refractivity contribution in [2.45, 2.75) is 31.7 Å². The molecule has 0 aromatic heterocycles. The van der Waals surface area contributed by atoms with Crippen LogP contribution in [0.1, 0.15) is 30.6 Å². The van der Waals surface area contributed by atoms with Crippen LogP contribution in [0.5, 0.6) is 0 Å². The van der Waals surface area contributed by atoms with Gasteiger partial charge in [-0.3, -0.25) is 0 Å². The normalized spacial score (nSPS) is 14.2. The minimum absolute atomic E-state index is 0.307. The number of urea groups is 1. The van der Waals surface area contributed by atoms with E-state index in [4.69, 9.17) is 4.74 Å². The van der Waals surface area contributed by atoms with Crippen LogP contribution >= 0.6 is 0 Å². The Balaban J connectivity index is 2.68. The van der Waals surface area contributed by atoms with E-state index in [1.54, 1.807) is 6.92 Å². The molecule has 0 aliphatic heterocycles. The first kappa shape index (κ1) is 19.2. The molecule has 0 saturated carbocycles. The van der Waals surface area contributed by atoms with Crippen LogP contribution in [0.25, 0.3) is 0 Å². The van der Waals surface area contributed by atoms with Gasteiger partial charge in [-0.05, 0) is 24.1 Å². The zero-order valence-electron chi connectivity index (χ0n) is 13.0. The van der Waals surface area contributed by atoms with E-state index in [0.29, 0.717) is 25.1 Å². The zero-order valence-corrected chi connectivity index (χ0v) is 13.0. The molecule has 0 unspecified atom stereocenters. The number of carbonyl (C=O) groups is 1. The van der Waals surface area contributed by atoms with Crippen molar-refractivity contribution >= 4 is 6.03 Å². The lowest BCUT2D eigenvalue weighted by Crippen LogP contribution is -2.45. The van der Waals surface area contributed by atoms with Gasteiger partial charge in [0.2, 0.25) is 0 Å². The minimum Gasteiger partial charge on any atom is -0.386 e. The van der Waals surface area contributed by atoms with Crippen LogP contribution in [0.15, 0.2) is 24.3 Å². The average molecular weight is 334 g/mol. The van der Waals surface area contributed by atoms with Crippen molar-refractivity contribution in [1.29, 1.82) is 0 Å². The first-order chi connectivity index (χ1) is 10.8. The first-order valence-electron chi connectivity index (χ1n) is 7.18. The number of benzene rings is 1. The molecular formula is C15H21F3N2O3. The Morgan fingerprint density at radius 2 is 1.91 bits per heavy atom. The van der Waals surface area contributed by atoms with Gasteiger partial charge in [-0.15, -0.1) is 0 Å². The van der Waals surface area contributed by atoms with Crippen molar-refractivity contribution in [1.82, 2.24) is 10.6 Å². The Kier molecular flexibility index (Phi) is 7.31. The third-order valence-corrected chi connectivity index (χ3v) is 3.31. The molecule has 3 N–H and O–H groups in total. The van der Waals surface area contributed by atoms with Crippen LogP contribution in [-0.2, 0) is 10.9 Å². The molecule has 0 heterocycles. The van der Waals surface area contributed by atoms with Crippen molar-refractivity contribution in [2.75, 3.05) is 20.3 Å². The van der Waals surface area contributed by atoms with E-state index in [0.717, 1.165) is 12.1 Å². The number of hydrogen-bond donors (Lipinski definition) is 3. The van der Waals surface area contributed by atoms with Crippen LogP contribution in [0, 0.1) is 0 Å². The minimum atomic E-state index is -4.42. The number of nitrogens with one attached hydrogen (secondary N) is 2. The Morgan fingerprint density at radius 3 is 2.39 bits per heavy atom. The number of aliphatic hydroxyl groups is 1. The van der Waals surface area contributed by atoms with Gasteiger partial charge in [0.15, 0.2) is 0 Å². The summed E-state index contributed by atoms with van der Waals surface area (Å²) in [5.74, 6) is 0. The van der Waals surface area contributed by atoms with Crippen molar-refractivity contribution in [3.8, 4) is 0 Å². The van der Waals surface area contributed by atoms with E-state index in [9.17, 15) is 23.1 Å². The molecule has 130 valence electrons. The molecule has 0 aliphatic rings. The summed E-state index contributed by atoms with van der Waals surface area (Å²) in [7, 11) is 1.50. The molecule has 1 aromatic carbocycles. The standard InChI is InChI=1S/C15H21F3N2O3/c1-3-12(20-14(22)19-8-9-23-2)13(21)10-4-6-11(7-5-10)15(16,17)18/h4-7,12-13,21H,3,8-9H2,1-2H3,(H2,19,20,22)/t12-,13-/m0/s1. The highest BCUT2D eigenvalue weighted by Gasteiger charge is 2.30. The third kappa shape index (κ3) is 6.07. The van der Waals surface area contributed by atoms with E-state index in [-0.39, 0.29) is 0 Å². The lowest BCUT2D eigenvalue weighted by atomic mass is 9.99. The smallest absolute Gasteiger partial charge is 0.386 e. The average Bonchev–Trinajstić information content (AvgIpc) is 2.51. The molecule has 0 radical (unpaired) electrons. The number of alkyl halides is 3. The second-order valence-corrected chi connectivity index (χ2v) is 4.97. The first-order valence-corrected chi connectivity index (χ1v) is 7.18. The van der Waals surface area contributed by atoms with Crippen LogP contribution in [0.2, 0.25) is 0 Å². The highest BCUT2D eigenvalue weighted by molar-refractivity contribution is 5.74. The summed E-state index contributed by atoms with van der Waals surface area (Å²) in [6.45, 7) is 2.42. The highest BCUT2D eigenvalue weighted by Crippen LogP contribution is 2.30. The Labute approximate surface area is 132 Å². The number of amides is 2. The number of halogens is 3. The van der Waals surface area contributed by atoms with Gasteiger partial charge in [0.1, 0.15) is 0 Å². The molecule has 0 bridgehead atoms. The molecule has 1 rings (SSSR count). The number of ether oxygens (including phenoxy) is 1. The molecule has 8 heteroatoms. The topological polar surface area (TPSA) is 70.6 Å². The highest BCUT2D eigenvalue weighted by atomic mass is 19.4. The van der Waals surface area contributed by atoms with Gasteiger partial charge in [0.05, 0.1) is 24.3 Å². The summed E-state index contributed by atoms with van der Waals surface area (Å²) in [5.41, 5.74) is -0.478. The van der Waals surface area contributed by atoms with Crippen molar-refractivity contribution in [3.63, 3.8) is 0 Å². The van der Waals surface area contributed by atoms with Gasteiger partial charge in [0, 0.05) is 13.7 Å². The summed E-state index contributed by atoms with van der Waals surface area (Å²) in [4.78, 5) is 11.7. The lowest BCUT2D eigenvalue weighted by molar-refractivity contribution is -0.137. The molecule has 1 aromatic rings. The number of methoxy groups -OCH3 is 1. The summed E-state index contributed by atoms with van der Waals surface area (Å²) in [6, 6.07) is 3.14. The van der Waals surface area contributed by atoms with E-state index in [2.05, 4.69) is 10.6 Å². The quantitative estimate of drug-likeness (QED) is 0.671. The van der Waals surface area contributed by atoms with Gasteiger partial charge in [0.25, 0.3) is 0 Å². The molecular weight excluding hydrogens is 313 g/mol. The monoisotopic (exact) mass is 334 g/mol. The van der Waals surface area contributed by atoms with Crippen LogP contribution < -0.4 is 10.6 Å². The predicted molar refractivity (Wildman–Crippen MR) is 78.9 cm³/mol. The van der Waals surface area contributed by atoms with Gasteiger partial charge >= 0.3 is 12.2 Å². The van der Waals surface area contributed by atoms with E-state index < -0.39 is 29.9 Å². The Hall–Kier alpha value is -1.80. The Bertz CT molecular complexity index is 492. The van der Waals surface area contributed by atoms with Crippen LogP contribution in [0.4, 0.5) is 18.0 Å². The third-order valence-electron chi connectivity index (χ3n) is 3.31. The van der Waals surface area contributed by atoms with Gasteiger partial charge < -0.3 is 20.5 Å². The SMILES string of the molecule is CC[C@H](NC(=O)NCCOC)[C@@H](O)c1ccc(C(F)(F)F)cc1. The summed E-state index contributed by atoms with van der Waals surface area (Å²) < 4.78 is 42.4. The molecule has 0 spiro atoms. The maximum Gasteiger partial charge on any atom is 0.416 e. The predicted octanol–water partition coefficient (Wildman–Crippen LogP) is 2.46. The molecule has 0 saturated heterocycles. The number of rotatable bonds is 7. The van der Waals surface area contributed by atoms with Crippen LogP contribution in [-0.4, -0.2) is 37.4 Å². The number of carbonyl (C=O) groups excluding carboxylic acids is 1. The van der Waals surface area contributed by atoms with Crippen molar-refractivity contribution < 1.29 is 27.8 Å². The molecule has 5 nitrogen and oxygen atoms in total. The zero-order chi connectivity index (χ0) is 17.5. The van der Waals surface area contributed by atoms with Crippen LogP contribution in [0.3, 0.4) is 0 Å². The summed E-state index contributed by atoms with van der Waals surface area (Å²) in [5, 5.41) is 15.4. The fourth-order valence-corrected chi connectivity index (χ4v) is 1.99. The van der Waals surface area contributed by atoms with Crippen molar-refractivity contribution in [2.24, 2.45) is 0 Å². The van der Waals surface area contributed by atoms with Gasteiger partial charge in [-0.25, -0.2) is 4.79 Å². The lowest BCUT2D eigenvalue weighted by Gasteiger charge is -2.23. The van der Waals surface area contributed by atoms with E-state index in [1.807, 2.05) is 0 Å². The van der Waals surface area contributed by atoms with Crippen molar-refractivity contribution in [3.05, 3.63) is 35.4 Å². The molecule has 2 amide bonds. The van der Waals surface area contributed by atoms with E-state index >= 15 is 0 Å². The Morgan fingerprint density at radius 1 is 1.30 bits per heavy atom.